The van der Waals surface area contributed by atoms with Crippen LogP contribution in [0.3, 0.4) is 0 Å². The zero-order valence-electron chi connectivity index (χ0n) is 9.88. The first-order valence-electron chi connectivity index (χ1n) is 5.49. The van der Waals surface area contributed by atoms with Crippen LogP contribution in [-0.4, -0.2) is 44.6 Å². The third-order valence-corrected chi connectivity index (χ3v) is 2.90. The molecule has 2 rings (SSSR count). The number of hydrogen-bond acceptors (Lipinski definition) is 6. The summed E-state index contributed by atoms with van der Waals surface area (Å²) in [5.41, 5.74) is 6.25. The average Bonchev–Trinajstić information content (AvgIpc) is 2.72. The van der Waals surface area contributed by atoms with Crippen molar-refractivity contribution in [1.29, 1.82) is 0 Å². The van der Waals surface area contributed by atoms with Gasteiger partial charge >= 0.3 is 5.69 Å². The van der Waals surface area contributed by atoms with E-state index in [1.54, 1.807) is 4.98 Å². The number of nitrogens with one attached hydrogen (secondary N) is 1. The van der Waals surface area contributed by atoms with Crippen molar-refractivity contribution in [2.45, 2.75) is 24.5 Å². The molecule has 0 saturated carbocycles. The summed E-state index contributed by atoms with van der Waals surface area (Å²) in [6.45, 7) is -0.588. The summed E-state index contributed by atoms with van der Waals surface area (Å²) in [6, 6.07) is -1.25. The van der Waals surface area contributed by atoms with Crippen LogP contribution in [0, 0.1) is 5.82 Å². The number of nitrogens with zero attached hydrogens (tertiary/aromatic N) is 4. The van der Waals surface area contributed by atoms with Crippen LogP contribution >= 0.6 is 0 Å². The number of halogens is 1. The van der Waals surface area contributed by atoms with Crippen LogP contribution < -0.4 is 11.2 Å². The number of azide groups is 1. The van der Waals surface area contributed by atoms with E-state index in [0.29, 0.717) is 10.8 Å². The van der Waals surface area contributed by atoms with Gasteiger partial charge in [-0.1, -0.05) is 5.11 Å². The Morgan fingerprint density at radius 1 is 1.60 bits per heavy atom. The van der Waals surface area contributed by atoms with E-state index in [1.165, 1.54) is 0 Å². The maximum atomic E-state index is 13.2. The number of rotatable bonds is 3. The predicted octanol–water partition coefficient (Wildman–Crippen LogP) is -1.39. The highest BCUT2D eigenvalue weighted by Gasteiger charge is 2.44. The summed E-state index contributed by atoms with van der Waals surface area (Å²) in [6.07, 6.45) is -3.23. The summed E-state index contributed by atoms with van der Waals surface area (Å²) in [5.74, 6) is -1.24. The SMILES string of the molecule is [N-]=[N+]=NC1[C@H](n2cc(F)c(=O)[nH]c2=O)O[C@H](CO)[C@H]1O. The highest BCUT2D eigenvalue weighted by atomic mass is 19.1. The van der Waals surface area contributed by atoms with Crippen LogP contribution in [0.1, 0.15) is 6.23 Å². The molecule has 1 aromatic rings. The third kappa shape index (κ3) is 2.30. The van der Waals surface area contributed by atoms with Crippen molar-refractivity contribution in [2.75, 3.05) is 6.61 Å². The van der Waals surface area contributed by atoms with Crippen molar-refractivity contribution in [3.05, 3.63) is 43.3 Å². The van der Waals surface area contributed by atoms with E-state index in [2.05, 4.69) is 10.0 Å². The number of ether oxygens (including phenoxy) is 1. The molecule has 1 saturated heterocycles. The van der Waals surface area contributed by atoms with E-state index in [0.717, 1.165) is 0 Å². The first-order valence-corrected chi connectivity index (χ1v) is 5.49. The molecule has 0 bridgehead atoms. The molecule has 20 heavy (non-hydrogen) atoms. The van der Waals surface area contributed by atoms with Crippen molar-refractivity contribution in [3.8, 4) is 0 Å². The van der Waals surface area contributed by atoms with Gasteiger partial charge in [0, 0.05) is 4.91 Å². The summed E-state index contributed by atoms with van der Waals surface area (Å²) in [7, 11) is 0. The topological polar surface area (TPSA) is 153 Å². The second-order valence-corrected chi connectivity index (χ2v) is 4.08. The normalized spacial score (nSPS) is 29.1. The molecule has 0 spiro atoms. The molecule has 10 nitrogen and oxygen atoms in total. The molecule has 2 heterocycles. The molecule has 4 atom stereocenters. The standard InChI is InChI=1S/C9H10FN5O5/c10-3-1-15(9(19)12-7(3)18)8-5(13-14-11)6(17)4(2-16)20-8/h1,4-6,8,16-17H,2H2,(H,12,18,19)/t4-,5?,6-,8-/m1/s1. The Hall–Kier alpha value is -2.20. The van der Waals surface area contributed by atoms with E-state index in [-0.39, 0.29) is 0 Å². The molecule has 0 aliphatic carbocycles. The lowest BCUT2D eigenvalue weighted by Crippen LogP contribution is -2.38. The molecule has 108 valence electrons. The summed E-state index contributed by atoms with van der Waals surface area (Å²) in [5, 5.41) is 22.1. The smallest absolute Gasteiger partial charge is 0.330 e. The average molecular weight is 287 g/mol. The van der Waals surface area contributed by atoms with E-state index in [4.69, 9.17) is 15.4 Å². The third-order valence-electron chi connectivity index (χ3n) is 2.90. The number of aliphatic hydroxyl groups excluding tert-OH is 2. The van der Waals surface area contributed by atoms with Gasteiger partial charge in [-0.25, -0.2) is 4.79 Å². The minimum Gasteiger partial charge on any atom is -0.394 e. The van der Waals surface area contributed by atoms with Gasteiger partial charge in [0.2, 0.25) is 5.82 Å². The lowest BCUT2D eigenvalue weighted by molar-refractivity contribution is -0.0467. The van der Waals surface area contributed by atoms with E-state index in [9.17, 15) is 19.1 Å². The highest BCUT2D eigenvalue weighted by molar-refractivity contribution is 4.97. The van der Waals surface area contributed by atoms with Crippen molar-refractivity contribution < 1.29 is 19.3 Å². The highest BCUT2D eigenvalue weighted by Crippen LogP contribution is 2.30. The Morgan fingerprint density at radius 2 is 2.30 bits per heavy atom. The first kappa shape index (κ1) is 14.2. The molecule has 0 amide bonds. The fraction of sp³-hybridized carbons (Fsp3) is 0.556. The van der Waals surface area contributed by atoms with Gasteiger partial charge in [0.05, 0.1) is 18.9 Å². The Balaban J connectivity index is 2.50. The molecule has 1 aliphatic rings. The Kier molecular flexibility index (Phi) is 3.86. The van der Waals surface area contributed by atoms with Crippen LogP contribution in [0.5, 0.6) is 0 Å². The predicted molar refractivity (Wildman–Crippen MR) is 61.2 cm³/mol. The fourth-order valence-corrected chi connectivity index (χ4v) is 1.94. The van der Waals surface area contributed by atoms with Gasteiger partial charge in [-0.2, -0.15) is 4.39 Å². The number of H-pyrrole nitrogens is 1. The lowest BCUT2D eigenvalue weighted by Gasteiger charge is -2.17. The largest absolute Gasteiger partial charge is 0.394 e. The summed E-state index contributed by atoms with van der Waals surface area (Å²) < 4.78 is 19.0. The number of aromatic nitrogens is 2. The van der Waals surface area contributed by atoms with Crippen LogP contribution in [-0.2, 0) is 4.74 Å². The molecule has 1 fully saturated rings. The number of hydrogen-bond donors (Lipinski definition) is 3. The number of aliphatic hydroxyl groups is 2. The molecule has 1 aromatic heterocycles. The Bertz CT molecular complexity index is 665. The van der Waals surface area contributed by atoms with E-state index < -0.39 is 48.2 Å². The number of aromatic amines is 1. The van der Waals surface area contributed by atoms with E-state index >= 15 is 0 Å². The molecular weight excluding hydrogens is 277 g/mol. The quantitative estimate of drug-likeness (QED) is 0.354. The van der Waals surface area contributed by atoms with Crippen LogP contribution in [0.4, 0.5) is 4.39 Å². The molecular formula is C9H10FN5O5. The minimum absolute atomic E-state index is 0.582. The van der Waals surface area contributed by atoms with Crippen LogP contribution in [0.2, 0.25) is 0 Å². The van der Waals surface area contributed by atoms with Gasteiger partial charge < -0.3 is 14.9 Å². The van der Waals surface area contributed by atoms with Crippen molar-refractivity contribution in [3.63, 3.8) is 0 Å². The van der Waals surface area contributed by atoms with Crippen molar-refractivity contribution in [2.24, 2.45) is 5.11 Å². The van der Waals surface area contributed by atoms with Gasteiger partial charge in [0.25, 0.3) is 5.56 Å². The molecule has 1 aliphatic heterocycles. The molecule has 3 N–H and O–H groups in total. The van der Waals surface area contributed by atoms with Gasteiger partial charge in [0.15, 0.2) is 0 Å². The molecule has 0 radical (unpaired) electrons. The summed E-state index contributed by atoms with van der Waals surface area (Å²) >= 11 is 0. The van der Waals surface area contributed by atoms with Gasteiger partial charge in [-0.3, -0.25) is 14.3 Å². The van der Waals surface area contributed by atoms with Crippen molar-refractivity contribution >= 4 is 0 Å². The monoisotopic (exact) mass is 287 g/mol. The molecule has 1 unspecified atom stereocenters. The molecule has 11 heteroatoms. The van der Waals surface area contributed by atoms with Crippen molar-refractivity contribution in [1.82, 2.24) is 9.55 Å². The van der Waals surface area contributed by atoms with Gasteiger partial charge in [-0.15, -0.1) is 0 Å². The van der Waals surface area contributed by atoms with Crippen LogP contribution in [0.15, 0.2) is 20.9 Å². The fourth-order valence-electron chi connectivity index (χ4n) is 1.94. The Labute approximate surface area is 109 Å². The first-order chi connectivity index (χ1) is 9.49. The Morgan fingerprint density at radius 3 is 2.90 bits per heavy atom. The maximum absolute atomic E-state index is 13.2. The lowest BCUT2D eigenvalue weighted by atomic mass is 10.1. The second kappa shape index (κ2) is 5.43. The van der Waals surface area contributed by atoms with E-state index in [1.807, 2.05) is 0 Å². The maximum Gasteiger partial charge on any atom is 0.330 e. The minimum atomic E-state index is -1.37. The van der Waals surface area contributed by atoms with Crippen LogP contribution in [0.25, 0.3) is 10.4 Å². The van der Waals surface area contributed by atoms with Gasteiger partial charge in [0.1, 0.15) is 18.4 Å². The van der Waals surface area contributed by atoms with Gasteiger partial charge in [-0.05, 0) is 5.53 Å². The second-order valence-electron chi connectivity index (χ2n) is 4.08. The zero-order valence-corrected chi connectivity index (χ0v) is 9.88. The summed E-state index contributed by atoms with van der Waals surface area (Å²) in [4.78, 5) is 26.8. The zero-order chi connectivity index (χ0) is 14.9. The molecule has 0 aromatic carbocycles.